The van der Waals surface area contributed by atoms with Crippen LogP contribution in [0.1, 0.15) is 24.2 Å². The van der Waals surface area contributed by atoms with Gasteiger partial charge in [0.05, 0.1) is 19.8 Å². The van der Waals surface area contributed by atoms with E-state index in [2.05, 4.69) is 0 Å². The van der Waals surface area contributed by atoms with Crippen molar-refractivity contribution in [1.82, 2.24) is 0 Å². The van der Waals surface area contributed by atoms with Crippen LogP contribution in [0.4, 0.5) is 0 Å². The molecule has 2 aliphatic rings. The minimum atomic E-state index is -1.79. The number of phenolic OH excluding ortho intramolecular Hbond substituents is 3. The van der Waals surface area contributed by atoms with Crippen molar-refractivity contribution in [1.29, 1.82) is 0 Å². The fraction of sp³-hybridized carbons (Fsp3) is 0.500. The van der Waals surface area contributed by atoms with Crippen LogP contribution in [0.15, 0.2) is 42.5 Å². The monoisotopic (exact) mass is 654 g/mol. The van der Waals surface area contributed by atoms with Crippen LogP contribution in [0.2, 0.25) is 0 Å². The largest absolute Gasteiger partial charge is 0.504 e. The van der Waals surface area contributed by atoms with Crippen molar-refractivity contribution in [3.63, 3.8) is 0 Å². The zero-order valence-corrected chi connectivity index (χ0v) is 24.8. The molecule has 0 aliphatic carbocycles. The van der Waals surface area contributed by atoms with Gasteiger partial charge in [-0.3, -0.25) is 0 Å². The number of methoxy groups -OCH3 is 1. The SMILES string of the molecule is COc1cc(C=CC(=O)OCC2OC(OCC(O)c3ccc(O)c(O)c3)C(O)C(OC3OC(C)C(O)C(O)C3O)C2O)ccc1O. The highest BCUT2D eigenvalue weighted by molar-refractivity contribution is 5.87. The lowest BCUT2D eigenvalue weighted by Crippen LogP contribution is -2.64. The van der Waals surface area contributed by atoms with Crippen molar-refractivity contribution in [3.8, 4) is 23.0 Å². The lowest BCUT2D eigenvalue weighted by Gasteiger charge is -2.45. The first-order chi connectivity index (χ1) is 21.8. The van der Waals surface area contributed by atoms with E-state index in [0.717, 1.165) is 18.2 Å². The maximum absolute atomic E-state index is 12.5. The fourth-order valence-corrected chi connectivity index (χ4v) is 4.82. The second kappa shape index (κ2) is 15.4. The zero-order valence-electron chi connectivity index (χ0n) is 24.8. The van der Waals surface area contributed by atoms with Gasteiger partial charge in [0.2, 0.25) is 0 Å². The Morgan fingerprint density at radius 2 is 1.59 bits per heavy atom. The molecule has 9 N–H and O–H groups in total. The minimum Gasteiger partial charge on any atom is -0.504 e. The summed E-state index contributed by atoms with van der Waals surface area (Å²) in [6.07, 6.45) is -14.6. The van der Waals surface area contributed by atoms with Crippen LogP contribution in [0.5, 0.6) is 23.0 Å². The number of rotatable bonds is 11. The highest BCUT2D eigenvalue weighted by atomic mass is 16.7. The van der Waals surface area contributed by atoms with Gasteiger partial charge in [0.15, 0.2) is 35.6 Å². The second-order valence-corrected chi connectivity index (χ2v) is 10.8. The third-order valence-electron chi connectivity index (χ3n) is 7.55. The number of aromatic hydroxyl groups is 3. The summed E-state index contributed by atoms with van der Waals surface area (Å²) >= 11 is 0. The normalized spacial score (nSPS) is 32.3. The lowest BCUT2D eigenvalue weighted by atomic mass is 9.97. The third-order valence-corrected chi connectivity index (χ3v) is 7.55. The van der Waals surface area contributed by atoms with Gasteiger partial charge in [-0.25, -0.2) is 4.79 Å². The molecule has 2 aromatic carbocycles. The van der Waals surface area contributed by atoms with E-state index in [9.17, 15) is 50.8 Å². The Labute approximate surface area is 262 Å². The van der Waals surface area contributed by atoms with Crippen molar-refractivity contribution in [3.05, 3.63) is 53.6 Å². The number of aliphatic hydroxyl groups is 6. The Kier molecular flexibility index (Phi) is 11.8. The first-order valence-corrected chi connectivity index (χ1v) is 14.2. The zero-order chi connectivity index (χ0) is 33.7. The molecule has 16 heteroatoms. The summed E-state index contributed by atoms with van der Waals surface area (Å²) in [5, 5.41) is 92.3. The van der Waals surface area contributed by atoms with Gasteiger partial charge in [0, 0.05) is 6.08 Å². The summed E-state index contributed by atoms with van der Waals surface area (Å²) in [6.45, 7) is 0.298. The summed E-state index contributed by atoms with van der Waals surface area (Å²) < 4.78 is 32.6. The van der Waals surface area contributed by atoms with Gasteiger partial charge in [-0.1, -0.05) is 12.1 Å². The number of phenols is 3. The van der Waals surface area contributed by atoms with Crippen molar-refractivity contribution in [2.45, 2.75) is 74.4 Å². The lowest BCUT2D eigenvalue weighted by molar-refractivity contribution is -0.358. The molecule has 16 nitrogen and oxygen atoms in total. The molecule has 2 saturated heterocycles. The maximum atomic E-state index is 12.5. The van der Waals surface area contributed by atoms with Crippen molar-refractivity contribution in [2.75, 3.05) is 20.3 Å². The smallest absolute Gasteiger partial charge is 0.330 e. The molecule has 0 spiro atoms. The van der Waals surface area contributed by atoms with Gasteiger partial charge >= 0.3 is 5.97 Å². The van der Waals surface area contributed by atoms with Gasteiger partial charge in [0.25, 0.3) is 0 Å². The third kappa shape index (κ3) is 8.23. The average Bonchev–Trinajstić information content (AvgIpc) is 3.04. The molecule has 4 rings (SSSR count). The van der Waals surface area contributed by atoms with Gasteiger partial charge < -0.3 is 74.4 Å². The summed E-state index contributed by atoms with van der Waals surface area (Å²) in [5.41, 5.74) is 0.649. The first-order valence-electron chi connectivity index (χ1n) is 14.2. The Hall–Kier alpha value is -3.55. The first kappa shape index (κ1) is 35.3. The van der Waals surface area contributed by atoms with Gasteiger partial charge in [-0.05, 0) is 48.4 Å². The number of carbonyl (C=O) groups excluding carboxylic acids is 1. The number of hydrogen-bond donors (Lipinski definition) is 9. The van der Waals surface area contributed by atoms with E-state index in [-0.39, 0.29) is 17.1 Å². The standard InChI is InChI=1S/C30H38O16/c1-13-23(36)25(38)26(39)30(44-13)46-28-24(37)21(12-42-22(35)8-4-14-3-6-17(32)20(9-14)41-2)45-29(27(28)40)43-11-19(34)15-5-7-16(31)18(33)10-15/h3-10,13,19,21,23-34,36-40H,11-12H2,1-2H3. The minimum absolute atomic E-state index is 0.0959. The van der Waals surface area contributed by atoms with E-state index in [0.29, 0.717) is 5.56 Å². The number of hydrogen-bond acceptors (Lipinski definition) is 16. The number of esters is 1. The van der Waals surface area contributed by atoms with E-state index in [4.69, 9.17) is 28.4 Å². The summed E-state index contributed by atoms with van der Waals surface area (Å²) in [5.74, 6) is -1.67. The Bertz CT molecular complexity index is 1350. The summed E-state index contributed by atoms with van der Waals surface area (Å²) in [7, 11) is 1.36. The summed E-state index contributed by atoms with van der Waals surface area (Å²) in [4.78, 5) is 12.5. The topological polar surface area (TPSA) is 255 Å². The van der Waals surface area contributed by atoms with Gasteiger partial charge in [-0.2, -0.15) is 0 Å². The Balaban J connectivity index is 1.47. The van der Waals surface area contributed by atoms with Crippen LogP contribution in [-0.2, 0) is 28.5 Å². The molecule has 11 unspecified atom stereocenters. The van der Waals surface area contributed by atoms with Crippen LogP contribution in [0.25, 0.3) is 6.08 Å². The second-order valence-electron chi connectivity index (χ2n) is 10.8. The molecule has 2 fully saturated rings. The molecule has 0 bridgehead atoms. The molecule has 254 valence electrons. The molecule has 2 aliphatic heterocycles. The van der Waals surface area contributed by atoms with Crippen molar-refractivity contribution < 1.29 is 79.2 Å². The van der Waals surface area contributed by atoms with E-state index >= 15 is 0 Å². The van der Waals surface area contributed by atoms with E-state index < -0.39 is 98.2 Å². The molecular weight excluding hydrogens is 616 g/mol. The number of carbonyl (C=O) groups is 1. The fourth-order valence-electron chi connectivity index (χ4n) is 4.82. The van der Waals surface area contributed by atoms with Crippen LogP contribution in [0, 0.1) is 0 Å². The Morgan fingerprint density at radius 1 is 0.870 bits per heavy atom. The predicted octanol–water partition coefficient (Wildman–Crippen LogP) is -1.22. The van der Waals surface area contributed by atoms with Crippen molar-refractivity contribution >= 4 is 12.0 Å². The molecule has 2 heterocycles. The molecule has 0 amide bonds. The van der Waals surface area contributed by atoms with Gasteiger partial charge in [-0.15, -0.1) is 0 Å². The number of benzene rings is 2. The van der Waals surface area contributed by atoms with Crippen LogP contribution in [-0.4, -0.2) is 134 Å². The predicted molar refractivity (Wildman–Crippen MR) is 153 cm³/mol. The molecule has 2 aromatic rings. The van der Waals surface area contributed by atoms with E-state index in [1.165, 1.54) is 44.4 Å². The molecule has 0 radical (unpaired) electrons. The van der Waals surface area contributed by atoms with E-state index in [1.54, 1.807) is 0 Å². The number of aliphatic hydroxyl groups excluding tert-OH is 6. The van der Waals surface area contributed by atoms with E-state index in [1.807, 2.05) is 0 Å². The molecule has 0 saturated carbocycles. The van der Waals surface area contributed by atoms with Crippen molar-refractivity contribution in [2.24, 2.45) is 0 Å². The molecular formula is C30H38O16. The highest BCUT2D eigenvalue weighted by Gasteiger charge is 2.50. The van der Waals surface area contributed by atoms with Crippen LogP contribution >= 0.6 is 0 Å². The quantitative estimate of drug-likeness (QED) is 0.0782. The number of ether oxygens (including phenoxy) is 6. The average molecular weight is 655 g/mol. The molecule has 11 atom stereocenters. The Morgan fingerprint density at radius 3 is 2.28 bits per heavy atom. The maximum Gasteiger partial charge on any atom is 0.330 e. The molecule has 46 heavy (non-hydrogen) atoms. The van der Waals surface area contributed by atoms with Crippen LogP contribution in [0.3, 0.4) is 0 Å². The molecule has 0 aromatic heterocycles. The summed E-state index contributed by atoms with van der Waals surface area (Å²) in [6, 6.07) is 7.95. The van der Waals surface area contributed by atoms with Crippen LogP contribution < -0.4 is 4.74 Å². The van der Waals surface area contributed by atoms with Gasteiger partial charge in [0.1, 0.15) is 55.4 Å². The highest BCUT2D eigenvalue weighted by Crippen LogP contribution is 2.32.